The predicted octanol–water partition coefficient (Wildman–Crippen LogP) is 4.80. The summed E-state index contributed by atoms with van der Waals surface area (Å²) in [7, 11) is 0. The van der Waals surface area contributed by atoms with Gasteiger partial charge in [0.1, 0.15) is 6.04 Å². The summed E-state index contributed by atoms with van der Waals surface area (Å²) in [5.41, 5.74) is 3.39. The van der Waals surface area contributed by atoms with Gasteiger partial charge >= 0.3 is 5.97 Å². The number of nitrogens with zero attached hydrogens (tertiary/aromatic N) is 2. The first-order chi connectivity index (χ1) is 12.7. The van der Waals surface area contributed by atoms with Crippen LogP contribution in [0.2, 0.25) is 0 Å². The molecule has 26 heavy (non-hydrogen) atoms. The highest BCUT2D eigenvalue weighted by atomic mass is 32.2. The Hall–Kier alpha value is -2.53. The molecule has 2 aromatic rings. The van der Waals surface area contributed by atoms with Gasteiger partial charge in [-0.05, 0) is 37.8 Å². The number of anilines is 1. The molecular weight excluding hydrogens is 344 g/mol. The van der Waals surface area contributed by atoms with E-state index >= 15 is 0 Å². The Morgan fingerprint density at radius 2 is 1.73 bits per heavy atom. The zero-order chi connectivity index (χ0) is 18.5. The Kier molecular flexibility index (Phi) is 5.78. The Morgan fingerprint density at radius 1 is 1.12 bits per heavy atom. The smallest absolute Gasteiger partial charge is 0.338 e. The van der Waals surface area contributed by atoms with E-state index in [0.29, 0.717) is 12.2 Å². The molecule has 5 heteroatoms. The molecule has 1 aliphatic heterocycles. The SMILES string of the molecule is CCOC(=O)C1=C(C)N(c2ccccc2)C(SC)=NC1c1ccccc1. The number of carbonyl (C=O) groups excluding carboxylic acids is 1. The molecule has 1 heterocycles. The fourth-order valence-corrected chi connectivity index (χ4v) is 3.70. The van der Waals surface area contributed by atoms with Crippen LogP contribution in [-0.2, 0) is 9.53 Å². The maximum Gasteiger partial charge on any atom is 0.338 e. The van der Waals surface area contributed by atoms with Gasteiger partial charge in [0.2, 0.25) is 0 Å². The van der Waals surface area contributed by atoms with E-state index in [4.69, 9.17) is 9.73 Å². The second-order valence-corrected chi connectivity index (χ2v) is 6.59. The summed E-state index contributed by atoms with van der Waals surface area (Å²) in [5, 5.41) is 0.857. The molecule has 0 spiro atoms. The van der Waals surface area contributed by atoms with Crippen LogP contribution in [-0.4, -0.2) is 24.0 Å². The normalized spacial score (nSPS) is 17.1. The number of carbonyl (C=O) groups is 1. The molecule has 4 nitrogen and oxygen atoms in total. The minimum atomic E-state index is -0.363. The fourth-order valence-electron chi connectivity index (χ4n) is 3.06. The van der Waals surface area contributed by atoms with E-state index in [1.54, 1.807) is 11.8 Å². The molecule has 1 atom stereocenters. The van der Waals surface area contributed by atoms with Crippen molar-refractivity contribution in [3.63, 3.8) is 0 Å². The molecule has 0 aliphatic carbocycles. The van der Waals surface area contributed by atoms with Crippen LogP contribution < -0.4 is 4.90 Å². The van der Waals surface area contributed by atoms with Crippen LogP contribution in [0.5, 0.6) is 0 Å². The summed E-state index contributed by atoms with van der Waals surface area (Å²) in [6.07, 6.45) is 2.00. The van der Waals surface area contributed by atoms with E-state index in [1.807, 2.05) is 85.7 Å². The molecule has 0 N–H and O–H groups in total. The first-order valence-corrected chi connectivity index (χ1v) is 9.79. The maximum absolute atomic E-state index is 12.8. The van der Waals surface area contributed by atoms with Gasteiger partial charge in [0, 0.05) is 11.4 Å². The van der Waals surface area contributed by atoms with E-state index in [2.05, 4.69) is 0 Å². The molecule has 0 amide bonds. The van der Waals surface area contributed by atoms with Crippen LogP contribution in [0, 0.1) is 0 Å². The van der Waals surface area contributed by atoms with Crippen LogP contribution in [0.15, 0.2) is 76.9 Å². The van der Waals surface area contributed by atoms with Gasteiger partial charge in [-0.15, -0.1) is 0 Å². The molecule has 0 radical (unpaired) electrons. The molecule has 134 valence electrons. The Balaban J connectivity index is 2.16. The zero-order valence-electron chi connectivity index (χ0n) is 15.2. The Labute approximate surface area is 158 Å². The standard InChI is InChI=1S/C21H22N2O2S/c1-4-25-20(24)18-15(2)23(17-13-9-6-10-14-17)21(26-3)22-19(18)16-11-7-5-8-12-16/h5-14,19H,4H2,1-3H3. The highest BCUT2D eigenvalue weighted by molar-refractivity contribution is 8.13. The fraction of sp³-hybridized carbons (Fsp3) is 0.238. The number of hydrogen-bond acceptors (Lipinski definition) is 5. The number of aliphatic imine (C=N–C) groups is 1. The van der Waals surface area contributed by atoms with Gasteiger partial charge in [-0.3, -0.25) is 4.90 Å². The monoisotopic (exact) mass is 366 g/mol. The van der Waals surface area contributed by atoms with Crippen molar-refractivity contribution in [2.45, 2.75) is 19.9 Å². The number of esters is 1. The first-order valence-electron chi connectivity index (χ1n) is 8.57. The lowest BCUT2D eigenvalue weighted by molar-refractivity contribution is -0.138. The van der Waals surface area contributed by atoms with Crippen LogP contribution in [0.1, 0.15) is 25.5 Å². The number of amidine groups is 1. The lowest BCUT2D eigenvalue weighted by Crippen LogP contribution is -2.35. The van der Waals surface area contributed by atoms with E-state index < -0.39 is 0 Å². The van der Waals surface area contributed by atoms with E-state index in [0.717, 1.165) is 22.1 Å². The summed E-state index contributed by atoms with van der Waals surface area (Å²) in [6, 6.07) is 19.5. The Bertz CT molecular complexity index is 832. The molecule has 0 fully saturated rings. The highest BCUT2D eigenvalue weighted by Crippen LogP contribution is 2.38. The topological polar surface area (TPSA) is 41.9 Å². The lowest BCUT2D eigenvalue weighted by Gasteiger charge is -2.34. The minimum Gasteiger partial charge on any atom is -0.463 e. The van der Waals surface area contributed by atoms with Crippen LogP contribution in [0.4, 0.5) is 5.69 Å². The summed E-state index contributed by atoms with van der Waals surface area (Å²) in [4.78, 5) is 19.7. The van der Waals surface area contributed by atoms with Gasteiger partial charge in [0.15, 0.2) is 5.17 Å². The number of benzene rings is 2. The van der Waals surface area contributed by atoms with Gasteiger partial charge in [-0.1, -0.05) is 60.3 Å². The Morgan fingerprint density at radius 3 is 2.31 bits per heavy atom. The third kappa shape index (κ3) is 3.53. The number of hydrogen-bond donors (Lipinski definition) is 0. The van der Waals surface area contributed by atoms with Crippen LogP contribution in [0.3, 0.4) is 0 Å². The van der Waals surface area contributed by atoms with E-state index in [-0.39, 0.29) is 12.0 Å². The number of thioether (sulfide) groups is 1. The summed E-state index contributed by atoms with van der Waals surface area (Å²) in [5.74, 6) is -0.316. The van der Waals surface area contributed by atoms with Crippen LogP contribution in [0.25, 0.3) is 0 Å². The van der Waals surface area contributed by atoms with Crippen molar-refractivity contribution in [3.05, 3.63) is 77.5 Å². The second kappa shape index (κ2) is 8.23. The van der Waals surface area contributed by atoms with Crippen molar-refractivity contribution in [3.8, 4) is 0 Å². The van der Waals surface area contributed by atoms with Gasteiger partial charge < -0.3 is 4.74 Å². The van der Waals surface area contributed by atoms with Gasteiger partial charge in [-0.2, -0.15) is 0 Å². The molecule has 2 aromatic carbocycles. The highest BCUT2D eigenvalue weighted by Gasteiger charge is 2.34. The van der Waals surface area contributed by atoms with E-state index in [9.17, 15) is 4.79 Å². The van der Waals surface area contributed by atoms with Gasteiger partial charge in [0.05, 0.1) is 12.2 Å². The molecular formula is C21H22N2O2S. The third-order valence-electron chi connectivity index (χ3n) is 4.24. The largest absolute Gasteiger partial charge is 0.463 e. The maximum atomic E-state index is 12.8. The summed E-state index contributed by atoms with van der Waals surface area (Å²) >= 11 is 1.57. The number of rotatable bonds is 4. The lowest BCUT2D eigenvalue weighted by atomic mass is 9.96. The molecule has 3 rings (SSSR count). The molecule has 0 bridgehead atoms. The quantitative estimate of drug-likeness (QED) is 0.729. The van der Waals surface area contributed by atoms with Crippen molar-refractivity contribution in [1.29, 1.82) is 0 Å². The second-order valence-electron chi connectivity index (χ2n) is 5.82. The molecule has 0 saturated carbocycles. The number of allylic oxidation sites excluding steroid dienone is 1. The molecule has 1 aliphatic rings. The first kappa shape index (κ1) is 18.3. The van der Waals surface area contributed by atoms with Gasteiger partial charge in [-0.25, -0.2) is 9.79 Å². The van der Waals surface area contributed by atoms with Crippen molar-refractivity contribution >= 4 is 28.6 Å². The molecule has 0 saturated heterocycles. The van der Waals surface area contributed by atoms with E-state index in [1.165, 1.54) is 0 Å². The minimum absolute atomic E-state index is 0.316. The number of ether oxygens (including phenoxy) is 1. The predicted molar refractivity (Wildman–Crippen MR) is 108 cm³/mol. The van der Waals surface area contributed by atoms with Crippen molar-refractivity contribution < 1.29 is 9.53 Å². The van der Waals surface area contributed by atoms with Crippen molar-refractivity contribution in [2.75, 3.05) is 17.8 Å². The summed E-state index contributed by atoms with van der Waals surface area (Å²) < 4.78 is 5.36. The average Bonchev–Trinajstić information content (AvgIpc) is 2.68. The number of para-hydroxylation sites is 1. The molecule has 1 unspecified atom stereocenters. The molecule has 0 aromatic heterocycles. The zero-order valence-corrected chi connectivity index (χ0v) is 16.0. The third-order valence-corrected chi connectivity index (χ3v) is 4.89. The average molecular weight is 366 g/mol. The van der Waals surface area contributed by atoms with Crippen molar-refractivity contribution in [2.24, 2.45) is 4.99 Å². The summed E-state index contributed by atoms with van der Waals surface area (Å²) in [6.45, 7) is 4.11. The van der Waals surface area contributed by atoms with Gasteiger partial charge in [0.25, 0.3) is 0 Å². The van der Waals surface area contributed by atoms with Crippen molar-refractivity contribution in [1.82, 2.24) is 0 Å². The van der Waals surface area contributed by atoms with Crippen LogP contribution >= 0.6 is 11.8 Å².